The monoisotopic (exact) mass is 373 g/mol. The van der Waals surface area contributed by atoms with Gasteiger partial charge < -0.3 is 10.1 Å². The molecule has 3 aromatic carbocycles. The summed E-state index contributed by atoms with van der Waals surface area (Å²) in [6, 6.07) is 24.4. The van der Waals surface area contributed by atoms with Crippen molar-refractivity contribution in [2.24, 2.45) is 0 Å². The van der Waals surface area contributed by atoms with Gasteiger partial charge in [0.1, 0.15) is 0 Å². The van der Waals surface area contributed by atoms with Gasteiger partial charge in [-0.15, -0.1) is 0 Å². The number of Topliss-reactive ketones (excluding diaryl/α,β-unsaturated/α-hetero) is 1. The summed E-state index contributed by atoms with van der Waals surface area (Å²) in [5, 5.41) is 2.76. The van der Waals surface area contributed by atoms with Crippen molar-refractivity contribution >= 4 is 23.3 Å². The number of carbonyl (C=O) groups excluding carboxylic acids is 3. The first kappa shape index (κ1) is 19.0. The van der Waals surface area contributed by atoms with E-state index in [0.29, 0.717) is 11.3 Å². The average molecular weight is 373 g/mol. The van der Waals surface area contributed by atoms with Gasteiger partial charge in [0.2, 0.25) is 5.91 Å². The molecule has 5 nitrogen and oxygen atoms in total. The molecule has 28 heavy (non-hydrogen) atoms. The van der Waals surface area contributed by atoms with Gasteiger partial charge in [-0.25, -0.2) is 4.79 Å². The molecule has 0 aliphatic heterocycles. The number of esters is 1. The number of nitrogens with one attached hydrogen (secondary N) is 1. The Morgan fingerprint density at radius 1 is 0.750 bits per heavy atom. The Kier molecular flexibility index (Phi) is 6.31. The molecular formula is C23H19NO4. The molecule has 140 valence electrons. The minimum Gasteiger partial charge on any atom is -0.454 e. The van der Waals surface area contributed by atoms with Crippen molar-refractivity contribution in [2.75, 3.05) is 11.9 Å². The summed E-state index contributed by atoms with van der Waals surface area (Å²) >= 11 is 0. The number of carbonyl (C=O) groups is 3. The van der Waals surface area contributed by atoms with E-state index in [-0.39, 0.29) is 30.3 Å². The summed E-state index contributed by atoms with van der Waals surface area (Å²) in [4.78, 5) is 36.4. The molecule has 0 saturated carbocycles. The van der Waals surface area contributed by atoms with E-state index >= 15 is 0 Å². The molecule has 3 rings (SSSR count). The van der Waals surface area contributed by atoms with Crippen LogP contribution >= 0.6 is 0 Å². The summed E-state index contributed by atoms with van der Waals surface area (Å²) in [6.07, 6.45) is 0.237. The Bertz CT molecular complexity index is 968. The van der Waals surface area contributed by atoms with E-state index in [2.05, 4.69) is 5.32 Å². The molecule has 5 heteroatoms. The quantitative estimate of drug-likeness (QED) is 0.503. The first-order valence-electron chi connectivity index (χ1n) is 8.81. The number of amides is 1. The maximum absolute atomic E-state index is 12.2. The maximum Gasteiger partial charge on any atom is 0.338 e. The first-order chi connectivity index (χ1) is 13.6. The van der Waals surface area contributed by atoms with Crippen molar-refractivity contribution in [3.8, 4) is 0 Å². The summed E-state index contributed by atoms with van der Waals surface area (Å²) in [7, 11) is 0. The van der Waals surface area contributed by atoms with E-state index in [1.165, 1.54) is 6.07 Å². The first-order valence-corrected chi connectivity index (χ1v) is 8.81. The lowest BCUT2D eigenvalue weighted by Gasteiger charge is -2.08. The Morgan fingerprint density at radius 2 is 1.39 bits per heavy atom. The van der Waals surface area contributed by atoms with Crippen LogP contribution in [0.4, 0.5) is 5.69 Å². The van der Waals surface area contributed by atoms with Crippen molar-refractivity contribution in [3.63, 3.8) is 0 Å². The van der Waals surface area contributed by atoms with Gasteiger partial charge in [0.25, 0.3) is 0 Å². The van der Waals surface area contributed by atoms with Crippen molar-refractivity contribution in [1.82, 2.24) is 0 Å². The number of ketones is 1. The molecule has 3 aromatic rings. The van der Waals surface area contributed by atoms with E-state index in [0.717, 1.165) is 5.56 Å². The lowest BCUT2D eigenvalue weighted by molar-refractivity contribution is -0.115. The molecule has 0 aliphatic rings. The molecular weight excluding hydrogens is 354 g/mol. The van der Waals surface area contributed by atoms with Gasteiger partial charge >= 0.3 is 5.97 Å². The van der Waals surface area contributed by atoms with Crippen LogP contribution in [0.3, 0.4) is 0 Å². The maximum atomic E-state index is 12.2. The smallest absolute Gasteiger partial charge is 0.338 e. The predicted molar refractivity (Wildman–Crippen MR) is 106 cm³/mol. The zero-order valence-electron chi connectivity index (χ0n) is 15.1. The fraction of sp³-hybridized carbons (Fsp3) is 0.0870. The molecule has 0 saturated heterocycles. The van der Waals surface area contributed by atoms with Crippen molar-refractivity contribution in [2.45, 2.75) is 6.42 Å². The predicted octanol–water partition coefficient (Wildman–Crippen LogP) is 3.91. The number of anilines is 1. The second-order valence-electron chi connectivity index (χ2n) is 6.16. The minimum absolute atomic E-state index is 0.184. The lowest BCUT2D eigenvalue weighted by Crippen LogP contribution is -2.16. The molecule has 1 amide bonds. The molecule has 0 heterocycles. The molecule has 0 aromatic heterocycles. The highest BCUT2D eigenvalue weighted by atomic mass is 16.5. The second kappa shape index (κ2) is 9.28. The van der Waals surface area contributed by atoms with E-state index in [1.54, 1.807) is 48.5 Å². The van der Waals surface area contributed by atoms with Gasteiger partial charge in [0.15, 0.2) is 12.4 Å². The summed E-state index contributed by atoms with van der Waals surface area (Å²) in [5.74, 6) is -1.08. The van der Waals surface area contributed by atoms with Crippen LogP contribution in [-0.4, -0.2) is 24.3 Å². The fourth-order valence-corrected chi connectivity index (χ4v) is 2.63. The van der Waals surface area contributed by atoms with Crippen LogP contribution in [0.2, 0.25) is 0 Å². The molecule has 0 atom stereocenters. The summed E-state index contributed by atoms with van der Waals surface area (Å²) in [5.41, 5.74) is 2.13. The SMILES string of the molecule is O=C(Cc1ccccc1)Nc1cccc(C(=O)OCC(=O)c2ccccc2)c1. The molecule has 0 fully saturated rings. The number of rotatable bonds is 7. The van der Waals surface area contributed by atoms with Gasteiger partial charge in [-0.3, -0.25) is 9.59 Å². The normalized spacial score (nSPS) is 10.1. The van der Waals surface area contributed by atoms with Crippen LogP contribution in [-0.2, 0) is 16.0 Å². The Balaban J connectivity index is 1.57. The Morgan fingerprint density at radius 3 is 2.11 bits per heavy atom. The Labute approximate surface area is 163 Å². The van der Waals surface area contributed by atoms with Gasteiger partial charge in [0, 0.05) is 11.3 Å². The topological polar surface area (TPSA) is 72.5 Å². The highest BCUT2D eigenvalue weighted by Gasteiger charge is 2.13. The molecule has 0 radical (unpaired) electrons. The second-order valence-corrected chi connectivity index (χ2v) is 6.16. The zero-order chi connectivity index (χ0) is 19.8. The highest BCUT2D eigenvalue weighted by Crippen LogP contribution is 2.13. The van der Waals surface area contributed by atoms with Gasteiger partial charge in [0.05, 0.1) is 12.0 Å². The highest BCUT2D eigenvalue weighted by molar-refractivity contribution is 6.00. The number of ether oxygens (including phenoxy) is 1. The summed E-state index contributed by atoms with van der Waals surface area (Å²) in [6.45, 7) is -0.340. The van der Waals surface area contributed by atoms with Crippen LogP contribution in [0.1, 0.15) is 26.3 Å². The van der Waals surface area contributed by atoms with Crippen molar-refractivity contribution in [1.29, 1.82) is 0 Å². The third-order valence-electron chi connectivity index (χ3n) is 4.02. The number of hydrogen-bond acceptors (Lipinski definition) is 4. The standard InChI is InChI=1S/C23H19NO4/c25-21(18-10-5-2-6-11-18)16-28-23(27)19-12-7-13-20(15-19)24-22(26)14-17-8-3-1-4-9-17/h1-13,15H,14,16H2,(H,24,26). The summed E-state index contributed by atoms with van der Waals surface area (Å²) < 4.78 is 5.10. The number of hydrogen-bond donors (Lipinski definition) is 1. The van der Waals surface area contributed by atoms with E-state index in [9.17, 15) is 14.4 Å². The minimum atomic E-state index is -0.622. The van der Waals surface area contributed by atoms with Gasteiger partial charge in [-0.2, -0.15) is 0 Å². The molecule has 0 bridgehead atoms. The molecule has 0 spiro atoms. The van der Waals surface area contributed by atoms with Crippen LogP contribution in [0.15, 0.2) is 84.9 Å². The van der Waals surface area contributed by atoms with Crippen LogP contribution in [0.25, 0.3) is 0 Å². The lowest BCUT2D eigenvalue weighted by atomic mass is 10.1. The van der Waals surface area contributed by atoms with Gasteiger partial charge in [-0.05, 0) is 23.8 Å². The van der Waals surface area contributed by atoms with E-state index in [4.69, 9.17) is 4.74 Å². The largest absolute Gasteiger partial charge is 0.454 e. The third kappa shape index (κ3) is 5.38. The fourth-order valence-electron chi connectivity index (χ4n) is 2.63. The molecule has 0 aliphatic carbocycles. The van der Waals surface area contributed by atoms with Gasteiger partial charge in [-0.1, -0.05) is 66.7 Å². The molecule has 0 unspecified atom stereocenters. The van der Waals surface area contributed by atoms with E-state index < -0.39 is 5.97 Å². The average Bonchev–Trinajstić information content (AvgIpc) is 2.73. The van der Waals surface area contributed by atoms with Crippen LogP contribution < -0.4 is 5.32 Å². The van der Waals surface area contributed by atoms with Crippen molar-refractivity contribution < 1.29 is 19.1 Å². The van der Waals surface area contributed by atoms with Crippen LogP contribution in [0.5, 0.6) is 0 Å². The van der Waals surface area contributed by atoms with E-state index in [1.807, 2.05) is 30.3 Å². The number of benzene rings is 3. The third-order valence-corrected chi connectivity index (χ3v) is 4.02. The molecule has 1 N–H and O–H groups in total. The van der Waals surface area contributed by atoms with Crippen molar-refractivity contribution in [3.05, 3.63) is 102 Å². The van der Waals surface area contributed by atoms with Crippen LogP contribution in [0, 0.1) is 0 Å². The zero-order valence-corrected chi connectivity index (χ0v) is 15.1. The Hall–Kier alpha value is -3.73.